The van der Waals surface area contributed by atoms with Gasteiger partial charge in [0.15, 0.2) is 0 Å². The van der Waals surface area contributed by atoms with Crippen LogP contribution in [0, 0.1) is 29.1 Å². The fourth-order valence-corrected chi connectivity index (χ4v) is 6.00. The van der Waals surface area contributed by atoms with Crippen LogP contribution in [0.5, 0.6) is 0 Å². The average Bonchev–Trinajstić information content (AvgIpc) is 2.55. The number of ether oxygens (including phenoxy) is 2. The van der Waals surface area contributed by atoms with Gasteiger partial charge in [-0.3, -0.25) is 9.59 Å². The van der Waals surface area contributed by atoms with E-state index in [-0.39, 0.29) is 24.8 Å². The minimum Gasteiger partial charge on any atom is -0.466 e. The van der Waals surface area contributed by atoms with Crippen molar-refractivity contribution in [2.45, 2.75) is 84.5 Å². The van der Waals surface area contributed by atoms with E-state index in [0.29, 0.717) is 24.5 Å². The molecule has 0 N–H and O–H groups in total. The summed E-state index contributed by atoms with van der Waals surface area (Å²) >= 11 is 0. The van der Waals surface area contributed by atoms with E-state index in [2.05, 4.69) is 13.8 Å². The maximum Gasteiger partial charge on any atom is 0.306 e. The van der Waals surface area contributed by atoms with Crippen LogP contribution >= 0.6 is 0 Å². The lowest BCUT2D eigenvalue weighted by molar-refractivity contribution is -0.151. The molecule has 26 heavy (non-hydrogen) atoms. The van der Waals surface area contributed by atoms with Crippen LogP contribution in [-0.2, 0) is 19.1 Å². The van der Waals surface area contributed by atoms with Crippen LogP contribution < -0.4 is 0 Å². The predicted octanol–water partition coefficient (Wildman–Crippen LogP) is 4.90. The van der Waals surface area contributed by atoms with E-state index in [0.717, 1.165) is 37.0 Å². The number of carbonyl (C=O) groups is 2. The van der Waals surface area contributed by atoms with Crippen molar-refractivity contribution >= 4 is 11.9 Å². The second kappa shape index (κ2) is 8.75. The Morgan fingerprint density at radius 3 is 1.88 bits per heavy atom. The second-order valence-corrected chi connectivity index (χ2v) is 9.64. The Morgan fingerprint density at radius 2 is 1.38 bits per heavy atom. The molecule has 0 spiro atoms. The lowest BCUT2D eigenvalue weighted by Gasteiger charge is -2.57. The third-order valence-electron chi connectivity index (χ3n) is 6.78. The third kappa shape index (κ3) is 5.47. The molecule has 0 aromatic rings. The summed E-state index contributed by atoms with van der Waals surface area (Å²) in [5, 5.41) is 0. The molecule has 0 radical (unpaired) electrons. The van der Waals surface area contributed by atoms with Crippen molar-refractivity contribution < 1.29 is 19.1 Å². The third-order valence-corrected chi connectivity index (χ3v) is 6.78. The molecule has 148 valence electrons. The zero-order valence-corrected chi connectivity index (χ0v) is 16.6. The highest BCUT2D eigenvalue weighted by atomic mass is 16.5. The van der Waals surface area contributed by atoms with E-state index in [9.17, 15) is 9.59 Å². The molecule has 0 aromatic heterocycles. The molecule has 4 fully saturated rings. The van der Waals surface area contributed by atoms with Crippen LogP contribution in [0.15, 0.2) is 0 Å². The monoisotopic (exact) mass is 364 g/mol. The highest BCUT2D eigenvalue weighted by Gasteiger charge is 2.50. The van der Waals surface area contributed by atoms with E-state index in [1.54, 1.807) is 0 Å². The van der Waals surface area contributed by atoms with Gasteiger partial charge in [-0.25, -0.2) is 0 Å². The molecule has 4 nitrogen and oxygen atoms in total. The molecule has 4 bridgehead atoms. The quantitative estimate of drug-likeness (QED) is 0.409. The van der Waals surface area contributed by atoms with Gasteiger partial charge in [0, 0.05) is 0 Å². The molecule has 0 aliphatic heterocycles. The minimum absolute atomic E-state index is 0.137. The van der Waals surface area contributed by atoms with Gasteiger partial charge in [0.1, 0.15) is 0 Å². The molecule has 0 unspecified atom stereocenters. The fourth-order valence-electron chi connectivity index (χ4n) is 6.00. The van der Waals surface area contributed by atoms with Crippen LogP contribution in [0.2, 0.25) is 0 Å². The van der Waals surface area contributed by atoms with Crippen molar-refractivity contribution in [3.63, 3.8) is 0 Å². The molecule has 4 aliphatic carbocycles. The van der Waals surface area contributed by atoms with E-state index in [1.807, 2.05) is 0 Å². The Hall–Kier alpha value is -1.06. The van der Waals surface area contributed by atoms with E-state index < -0.39 is 0 Å². The van der Waals surface area contributed by atoms with Gasteiger partial charge in [-0.2, -0.15) is 0 Å². The molecule has 0 amide bonds. The zero-order valence-electron chi connectivity index (χ0n) is 16.6. The average molecular weight is 365 g/mol. The molecule has 0 heterocycles. The van der Waals surface area contributed by atoms with Crippen LogP contribution in [0.3, 0.4) is 0 Å². The molecule has 0 saturated heterocycles. The summed E-state index contributed by atoms with van der Waals surface area (Å²) in [7, 11) is 0. The first-order chi connectivity index (χ1) is 12.4. The van der Waals surface area contributed by atoms with Crippen molar-refractivity contribution in [1.82, 2.24) is 0 Å². The Kier molecular flexibility index (Phi) is 6.63. The summed E-state index contributed by atoms with van der Waals surface area (Å²) in [5.74, 6) is 2.88. The van der Waals surface area contributed by atoms with Gasteiger partial charge in [-0.1, -0.05) is 13.8 Å². The van der Waals surface area contributed by atoms with E-state index in [1.165, 1.54) is 38.5 Å². The van der Waals surface area contributed by atoms with Crippen LogP contribution in [0.4, 0.5) is 0 Å². The molecular weight excluding hydrogens is 328 g/mol. The molecular formula is C22H36O4. The zero-order chi connectivity index (χ0) is 18.6. The second-order valence-electron chi connectivity index (χ2n) is 9.64. The molecule has 4 saturated carbocycles. The first-order valence-electron chi connectivity index (χ1n) is 10.8. The van der Waals surface area contributed by atoms with Crippen molar-refractivity contribution in [3.05, 3.63) is 0 Å². The molecule has 4 aliphatic rings. The standard InChI is InChI=1S/C22H36O4/c1-16(2)4-3-8-25-20(23)5-6-21(24)26-9-7-22-13-17-10-18(14-22)12-19(11-17)15-22/h16-19H,3-15H2,1-2H3. The predicted molar refractivity (Wildman–Crippen MR) is 100 cm³/mol. The van der Waals surface area contributed by atoms with Gasteiger partial charge in [0.25, 0.3) is 0 Å². The molecule has 4 rings (SSSR count). The van der Waals surface area contributed by atoms with Crippen molar-refractivity contribution in [2.75, 3.05) is 13.2 Å². The maximum absolute atomic E-state index is 11.9. The first kappa shape index (κ1) is 19.7. The highest BCUT2D eigenvalue weighted by Crippen LogP contribution is 2.61. The Bertz CT molecular complexity index is 461. The molecule has 4 heteroatoms. The normalized spacial score (nSPS) is 32.0. The lowest BCUT2D eigenvalue weighted by Crippen LogP contribution is -2.46. The van der Waals surface area contributed by atoms with Gasteiger partial charge >= 0.3 is 11.9 Å². The summed E-state index contributed by atoms with van der Waals surface area (Å²) in [6, 6.07) is 0. The summed E-state index contributed by atoms with van der Waals surface area (Å²) in [5.41, 5.74) is 0.449. The van der Waals surface area contributed by atoms with Crippen molar-refractivity contribution in [1.29, 1.82) is 0 Å². The Balaban J connectivity index is 1.27. The first-order valence-corrected chi connectivity index (χ1v) is 10.8. The largest absolute Gasteiger partial charge is 0.466 e. The minimum atomic E-state index is -0.285. The smallest absolute Gasteiger partial charge is 0.306 e. The number of rotatable bonds is 10. The molecule has 0 atom stereocenters. The number of esters is 2. The van der Waals surface area contributed by atoms with Crippen molar-refractivity contribution in [2.24, 2.45) is 29.1 Å². The van der Waals surface area contributed by atoms with Gasteiger partial charge in [0.05, 0.1) is 26.1 Å². The van der Waals surface area contributed by atoms with Crippen molar-refractivity contribution in [3.8, 4) is 0 Å². The lowest BCUT2D eigenvalue weighted by atomic mass is 9.49. The topological polar surface area (TPSA) is 52.6 Å². The SMILES string of the molecule is CC(C)CCCOC(=O)CCC(=O)OCCC12CC3CC(CC(C3)C1)C2. The summed E-state index contributed by atoms with van der Waals surface area (Å²) < 4.78 is 10.6. The number of hydrogen-bond acceptors (Lipinski definition) is 4. The van der Waals surface area contributed by atoms with Gasteiger partial charge in [-0.05, 0) is 86.9 Å². The van der Waals surface area contributed by atoms with Crippen LogP contribution in [0.1, 0.15) is 84.5 Å². The summed E-state index contributed by atoms with van der Waals surface area (Å²) in [6.07, 6.45) is 11.6. The maximum atomic E-state index is 11.9. The molecule has 0 aromatic carbocycles. The van der Waals surface area contributed by atoms with Gasteiger partial charge in [0.2, 0.25) is 0 Å². The Labute approximate surface area is 158 Å². The van der Waals surface area contributed by atoms with Gasteiger partial charge < -0.3 is 9.47 Å². The van der Waals surface area contributed by atoms with Crippen LogP contribution in [0.25, 0.3) is 0 Å². The van der Waals surface area contributed by atoms with Crippen LogP contribution in [-0.4, -0.2) is 25.2 Å². The Morgan fingerprint density at radius 1 is 0.885 bits per heavy atom. The fraction of sp³-hybridized carbons (Fsp3) is 0.909. The highest BCUT2D eigenvalue weighted by molar-refractivity contribution is 5.77. The summed E-state index contributed by atoms with van der Waals surface area (Å²) in [6.45, 7) is 5.29. The van der Waals surface area contributed by atoms with Gasteiger partial charge in [-0.15, -0.1) is 0 Å². The summed E-state index contributed by atoms with van der Waals surface area (Å²) in [4.78, 5) is 23.6. The number of hydrogen-bond donors (Lipinski definition) is 0. The van der Waals surface area contributed by atoms with E-state index >= 15 is 0 Å². The number of carbonyl (C=O) groups excluding carboxylic acids is 2. The van der Waals surface area contributed by atoms with E-state index in [4.69, 9.17) is 9.47 Å².